The first-order valence-corrected chi connectivity index (χ1v) is 10.4. The second kappa shape index (κ2) is 9.79. The Morgan fingerprint density at radius 2 is 1.77 bits per heavy atom. The summed E-state index contributed by atoms with van der Waals surface area (Å²) in [6.07, 6.45) is 13.0. The third-order valence-corrected chi connectivity index (χ3v) is 5.81. The first kappa shape index (κ1) is 19.0. The van der Waals surface area contributed by atoms with Crippen LogP contribution in [0.1, 0.15) is 70.3 Å². The number of nitrogens with zero attached hydrogens (tertiary/aromatic N) is 2. The highest BCUT2D eigenvalue weighted by Crippen LogP contribution is 2.21. The summed E-state index contributed by atoms with van der Waals surface area (Å²) in [5, 5.41) is 6.13. The van der Waals surface area contributed by atoms with Crippen LogP contribution in [0.2, 0.25) is 0 Å². The predicted octanol–water partition coefficient (Wildman–Crippen LogP) is 4.23. The van der Waals surface area contributed by atoms with E-state index < -0.39 is 0 Å². The molecule has 2 fully saturated rings. The van der Waals surface area contributed by atoms with Gasteiger partial charge in [-0.15, -0.1) is 0 Å². The number of carbonyl (C=O) groups is 1. The second-order valence-electron chi connectivity index (χ2n) is 8.06. The normalized spacial score (nSPS) is 20.3. The summed E-state index contributed by atoms with van der Waals surface area (Å²) in [6, 6.07) is 4.44. The van der Waals surface area contributed by atoms with Crippen LogP contribution in [0.25, 0.3) is 0 Å². The van der Waals surface area contributed by atoms with E-state index in [1.165, 1.54) is 44.9 Å². The number of rotatable bonds is 4. The molecule has 5 nitrogen and oxygen atoms in total. The molecule has 2 N–H and O–H groups in total. The maximum absolute atomic E-state index is 12.2. The van der Waals surface area contributed by atoms with Gasteiger partial charge in [0.1, 0.15) is 5.82 Å². The number of anilines is 1. The van der Waals surface area contributed by atoms with Gasteiger partial charge >= 0.3 is 6.03 Å². The van der Waals surface area contributed by atoms with Crippen LogP contribution in [0, 0.1) is 5.92 Å². The zero-order valence-electron chi connectivity index (χ0n) is 16.2. The fourth-order valence-electron chi connectivity index (χ4n) is 3.97. The average molecular weight is 359 g/mol. The molecule has 0 aromatic carbocycles. The Hall–Kier alpha value is -1.78. The van der Waals surface area contributed by atoms with E-state index in [1.54, 1.807) is 0 Å². The first-order valence-electron chi connectivity index (χ1n) is 10.4. The summed E-state index contributed by atoms with van der Waals surface area (Å²) >= 11 is 0. The highest BCUT2D eigenvalue weighted by Gasteiger charge is 2.17. The van der Waals surface area contributed by atoms with Crippen LogP contribution < -0.4 is 15.5 Å². The van der Waals surface area contributed by atoms with E-state index in [9.17, 15) is 4.79 Å². The molecule has 1 aromatic rings. The standard InChI is InChI=1S/C21H34N4O/c1-17-11-13-25(14-12-17)20-10-9-18(15-22-20)16-23-21(26)24-19-7-5-3-2-4-6-8-19/h9-10,15,17,19H,2-8,11-14,16H2,1H3,(H2,23,24,26). The monoisotopic (exact) mass is 358 g/mol. The second-order valence-corrected chi connectivity index (χ2v) is 8.06. The molecule has 1 saturated heterocycles. The molecular weight excluding hydrogens is 324 g/mol. The lowest BCUT2D eigenvalue weighted by molar-refractivity contribution is 0.233. The lowest BCUT2D eigenvalue weighted by Gasteiger charge is -2.31. The Labute approximate surface area is 157 Å². The summed E-state index contributed by atoms with van der Waals surface area (Å²) in [4.78, 5) is 19.1. The van der Waals surface area contributed by atoms with Gasteiger partial charge in [-0.25, -0.2) is 9.78 Å². The predicted molar refractivity (Wildman–Crippen MR) is 106 cm³/mol. The van der Waals surface area contributed by atoms with Gasteiger partial charge in [0, 0.05) is 31.9 Å². The molecule has 2 heterocycles. The molecule has 1 aromatic heterocycles. The molecule has 1 aliphatic heterocycles. The Morgan fingerprint density at radius 3 is 2.42 bits per heavy atom. The number of nitrogens with one attached hydrogen (secondary N) is 2. The highest BCUT2D eigenvalue weighted by atomic mass is 16.2. The van der Waals surface area contributed by atoms with Gasteiger partial charge in [0.25, 0.3) is 0 Å². The topological polar surface area (TPSA) is 57.3 Å². The number of aromatic nitrogens is 1. The van der Waals surface area contributed by atoms with E-state index >= 15 is 0 Å². The van der Waals surface area contributed by atoms with E-state index in [0.717, 1.165) is 43.2 Å². The third kappa shape index (κ3) is 5.89. The van der Waals surface area contributed by atoms with Gasteiger partial charge in [-0.2, -0.15) is 0 Å². The van der Waals surface area contributed by atoms with Crippen LogP contribution in [0.3, 0.4) is 0 Å². The molecule has 144 valence electrons. The SMILES string of the molecule is CC1CCN(c2ccc(CNC(=O)NC3CCCCCCC3)cn2)CC1. The first-order chi connectivity index (χ1) is 12.7. The summed E-state index contributed by atoms with van der Waals surface area (Å²) in [7, 11) is 0. The van der Waals surface area contributed by atoms with Gasteiger partial charge in [-0.1, -0.05) is 45.1 Å². The molecule has 2 amide bonds. The van der Waals surface area contributed by atoms with Crippen LogP contribution >= 0.6 is 0 Å². The van der Waals surface area contributed by atoms with Crippen molar-refractivity contribution in [3.63, 3.8) is 0 Å². The van der Waals surface area contributed by atoms with Gasteiger partial charge in [0.15, 0.2) is 0 Å². The van der Waals surface area contributed by atoms with E-state index in [4.69, 9.17) is 0 Å². The van der Waals surface area contributed by atoms with Crippen molar-refractivity contribution in [1.29, 1.82) is 0 Å². The van der Waals surface area contributed by atoms with Gasteiger partial charge in [0.2, 0.25) is 0 Å². The van der Waals surface area contributed by atoms with Crippen LogP contribution in [-0.2, 0) is 6.54 Å². The molecular formula is C21H34N4O. The fourth-order valence-corrected chi connectivity index (χ4v) is 3.97. The van der Waals surface area contributed by atoms with Crippen molar-refractivity contribution in [1.82, 2.24) is 15.6 Å². The quantitative estimate of drug-likeness (QED) is 0.847. The number of carbonyl (C=O) groups excluding carboxylic acids is 1. The molecule has 3 rings (SSSR count). The van der Waals surface area contributed by atoms with Crippen LogP contribution in [-0.4, -0.2) is 30.1 Å². The average Bonchev–Trinajstić information content (AvgIpc) is 2.63. The highest BCUT2D eigenvalue weighted by molar-refractivity contribution is 5.74. The summed E-state index contributed by atoms with van der Waals surface area (Å²) in [6.45, 7) is 5.04. The molecule has 0 radical (unpaired) electrons. The molecule has 1 aliphatic carbocycles. The van der Waals surface area contributed by atoms with Gasteiger partial charge in [0.05, 0.1) is 0 Å². The van der Waals surface area contributed by atoms with Crippen LogP contribution in [0.4, 0.5) is 10.6 Å². The van der Waals surface area contributed by atoms with Crippen molar-refractivity contribution < 1.29 is 4.79 Å². The minimum atomic E-state index is -0.0512. The van der Waals surface area contributed by atoms with Gasteiger partial charge in [-0.05, 0) is 43.2 Å². The summed E-state index contributed by atoms with van der Waals surface area (Å²) in [5.74, 6) is 1.88. The largest absolute Gasteiger partial charge is 0.357 e. The van der Waals surface area contributed by atoms with Crippen molar-refractivity contribution in [3.8, 4) is 0 Å². The van der Waals surface area contributed by atoms with E-state index in [0.29, 0.717) is 12.6 Å². The lowest BCUT2D eigenvalue weighted by atomic mass is 9.97. The number of hydrogen-bond acceptors (Lipinski definition) is 3. The van der Waals surface area contributed by atoms with Crippen molar-refractivity contribution >= 4 is 11.8 Å². The number of amides is 2. The molecule has 0 spiro atoms. The number of urea groups is 1. The third-order valence-electron chi connectivity index (χ3n) is 5.81. The number of hydrogen-bond donors (Lipinski definition) is 2. The lowest BCUT2D eigenvalue weighted by Crippen LogP contribution is -2.42. The summed E-state index contributed by atoms with van der Waals surface area (Å²) < 4.78 is 0. The Balaban J connectivity index is 1.41. The molecule has 0 atom stereocenters. The molecule has 5 heteroatoms. The van der Waals surface area contributed by atoms with Crippen LogP contribution in [0.5, 0.6) is 0 Å². The molecule has 0 bridgehead atoms. The van der Waals surface area contributed by atoms with Crippen molar-refractivity contribution in [2.24, 2.45) is 5.92 Å². The Morgan fingerprint density at radius 1 is 1.08 bits per heavy atom. The van der Waals surface area contributed by atoms with Crippen molar-refractivity contribution in [2.45, 2.75) is 77.3 Å². The zero-order valence-corrected chi connectivity index (χ0v) is 16.2. The van der Waals surface area contributed by atoms with Gasteiger partial charge in [-0.3, -0.25) is 0 Å². The Bertz CT molecular complexity index is 544. The molecule has 1 saturated carbocycles. The molecule has 0 unspecified atom stereocenters. The van der Waals surface area contributed by atoms with E-state index in [2.05, 4.69) is 39.6 Å². The van der Waals surface area contributed by atoms with E-state index in [1.807, 2.05) is 6.20 Å². The van der Waals surface area contributed by atoms with Crippen molar-refractivity contribution in [2.75, 3.05) is 18.0 Å². The summed E-state index contributed by atoms with van der Waals surface area (Å²) in [5.41, 5.74) is 1.05. The van der Waals surface area contributed by atoms with E-state index in [-0.39, 0.29) is 6.03 Å². The minimum absolute atomic E-state index is 0.0512. The maximum Gasteiger partial charge on any atom is 0.315 e. The number of pyridine rings is 1. The maximum atomic E-state index is 12.2. The van der Waals surface area contributed by atoms with Crippen LogP contribution in [0.15, 0.2) is 18.3 Å². The Kier molecular flexibility index (Phi) is 7.15. The smallest absolute Gasteiger partial charge is 0.315 e. The zero-order chi connectivity index (χ0) is 18.2. The fraction of sp³-hybridized carbons (Fsp3) is 0.714. The molecule has 26 heavy (non-hydrogen) atoms. The number of piperidine rings is 1. The minimum Gasteiger partial charge on any atom is -0.357 e. The molecule has 2 aliphatic rings. The van der Waals surface area contributed by atoms with Crippen molar-refractivity contribution in [3.05, 3.63) is 23.9 Å². The van der Waals surface area contributed by atoms with Gasteiger partial charge < -0.3 is 15.5 Å².